The molecule has 0 aromatic heterocycles. The van der Waals surface area contributed by atoms with Crippen molar-refractivity contribution in [2.75, 3.05) is 13.6 Å². The van der Waals surface area contributed by atoms with Gasteiger partial charge in [0.05, 0.1) is 0 Å². The molecule has 0 fully saturated rings. The van der Waals surface area contributed by atoms with Crippen LogP contribution in [0.25, 0.3) is 0 Å². The molecule has 0 spiro atoms. The van der Waals surface area contributed by atoms with Crippen molar-refractivity contribution >= 4 is 11.9 Å². The molecule has 0 aliphatic rings. The minimum absolute atomic E-state index is 0.0189. The molecule has 1 atom stereocenters. The van der Waals surface area contributed by atoms with Crippen LogP contribution in [0.2, 0.25) is 0 Å². The van der Waals surface area contributed by atoms with Crippen LogP contribution in [0, 0.1) is 0 Å². The smallest absolute Gasteiger partial charge is 0.251 e. The van der Waals surface area contributed by atoms with Gasteiger partial charge >= 0.3 is 0 Å². The number of nitrogens with zero attached hydrogens (tertiary/aromatic N) is 1. The number of guanidine groups is 1. The van der Waals surface area contributed by atoms with E-state index in [0.717, 1.165) is 30.9 Å². The summed E-state index contributed by atoms with van der Waals surface area (Å²) >= 11 is 0. The summed E-state index contributed by atoms with van der Waals surface area (Å²) in [5.41, 5.74) is 1.76. The number of hydrogen-bond donors (Lipinski definition) is 3. The fourth-order valence-electron chi connectivity index (χ4n) is 2.40. The molecule has 3 N–H and O–H groups in total. The predicted molar refractivity (Wildman–Crippen MR) is 106 cm³/mol. The van der Waals surface area contributed by atoms with Crippen molar-refractivity contribution in [3.8, 4) is 0 Å². The maximum Gasteiger partial charge on any atom is 0.251 e. The highest BCUT2D eigenvalue weighted by molar-refractivity contribution is 5.94. The Kier molecular flexibility index (Phi) is 10.4. The third kappa shape index (κ3) is 8.57. The summed E-state index contributed by atoms with van der Waals surface area (Å²) in [7, 11) is 1.78. The van der Waals surface area contributed by atoms with Crippen molar-refractivity contribution in [3.63, 3.8) is 0 Å². The molecule has 1 unspecified atom stereocenters. The average molecular weight is 347 g/mol. The number of rotatable bonds is 10. The van der Waals surface area contributed by atoms with E-state index in [1.165, 1.54) is 19.3 Å². The van der Waals surface area contributed by atoms with E-state index in [-0.39, 0.29) is 11.9 Å². The van der Waals surface area contributed by atoms with Crippen molar-refractivity contribution in [1.82, 2.24) is 16.0 Å². The number of benzene rings is 1. The Morgan fingerprint density at radius 2 is 1.96 bits per heavy atom. The van der Waals surface area contributed by atoms with Crippen LogP contribution in [0.1, 0.15) is 68.8 Å². The highest BCUT2D eigenvalue weighted by Gasteiger charge is 2.09. The van der Waals surface area contributed by atoms with Gasteiger partial charge in [0.1, 0.15) is 0 Å². The van der Waals surface area contributed by atoms with Crippen molar-refractivity contribution in [3.05, 3.63) is 35.4 Å². The summed E-state index contributed by atoms with van der Waals surface area (Å²) in [6.07, 6.45) is 5.84. The molecule has 1 rings (SSSR count). The second kappa shape index (κ2) is 12.3. The quantitative estimate of drug-likeness (QED) is 0.345. The van der Waals surface area contributed by atoms with Crippen LogP contribution < -0.4 is 16.0 Å². The van der Waals surface area contributed by atoms with E-state index in [1.54, 1.807) is 7.05 Å². The minimum atomic E-state index is -0.0189. The number of unbranched alkanes of at least 4 members (excludes halogenated alkanes) is 3. The van der Waals surface area contributed by atoms with Gasteiger partial charge in [-0.3, -0.25) is 9.79 Å². The first kappa shape index (κ1) is 21.0. The molecule has 1 aromatic rings. The van der Waals surface area contributed by atoms with Gasteiger partial charge in [0.25, 0.3) is 5.91 Å². The second-order valence-corrected chi connectivity index (χ2v) is 6.40. The largest absolute Gasteiger partial charge is 0.356 e. The molecule has 0 bridgehead atoms. The monoisotopic (exact) mass is 346 g/mol. The number of carbonyl (C=O) groups is 1. The Morgan fingerprint density at radius 3 is 2.64 bits per heavy atom. The van der Waals surface area contributed by atoms with Crippen LogP contribution in [0.5, 0.6) is 0 Å². The lowest BCUT2D eigenvalue weighted by Gasteiger charge is -2.14. The molecule has 0 heterocycles. The fraction of sp³-hybridized carbons (Fsp3) is 0.600. The highest BCUT2D eigenvalue weighted by Crippen LogP contribution is 2.06. The Labute approximate surface area is 152 Å². The maximum absolute atomic E-state index is 12.2. The van der Waals surface area contributed by atoms with E-state index in [9.17, 15) is 4.79 Å². The molecule has 1 amide bonds. The van der Waals surface area contributed by atoms with Crippen molar-refractivity contribution in [1.29, 1.82) is 0 Å². The molecule has 0 radical (unpaired) electrons. The number of carbonyl (C=O) groups excluding carboxylic acids is 1. The predicted octanol–water partition coefficient (Wildman–Crippen LogP) is 3.46. The fourth-order valence-corrected chi connectivity index (χ4v) is 2.40. The number of amides is 1. The highest BCUT2D eigenvalue weighted by atomic mass is 16.1. The lowest BCUT2D eigenvalue weighted by atomic mass is 10.1. The van der Waals surface area contributed by atoms with Gasteiger partial charge in [-0.1, -0.05) is 45.2 Å². The van der Waals surface area contributed by atoms with E-state index in [0.29, 0.717) is 12.1 Å². The zero-order chi connectivity index (χ0) is 18.5. The van der Waals surface area contributed by atoms with Crippen LogP contribution in [0.4, 0.5) is 0 Å². The van der Waals surface area contributed by atoms with Crippen LogP contribution in [0.15, 0.2) is 29.3 Å². The minimum Gasteiger partial charge on any atom is -0.356 e. The van der Waals surface area contributed by atoms with Gasteiger partial charge in [-0.2, -0.15) is 0 Å². The Balaban J connectivity index is 2.48. The van der Waals surface area contributed by atoms with Crippen molar-refractivity contribution in [2.24, 2.45) is 4.99 Å². The van der Waals surface area contributed by atoms with Crippen molar-refractivity contribution < 1.29 is 4.79 Å². The number of nitrogens with one attached hydrogen (secondary N) is 3. The summed E-state index contributed by atoms with van der Waals surface area (Å²) in [6.45, 7) is 7.85. The number of aliphatic imine (C=N–C) groups is 1. The van der Waals surface area contributed by atoms with E-state index < -0.39 is 0 Å². The summed E-state index contributed by atoms with van der Waals surface area (Å²) in [6, 6.07) is 7.90. The topological polar surface area (TPSA) is 65.5 Å². The van der Waals surface area contributed by atoms with Crippen LogP contribution in [-0.4, -0.2) is 31.5 Å². The first-order valence-corrected chi connectivity index (χ1v) is 9.45. The molecule has 0 saturated carbocycles. The number of hydrogen-bond acceptors (Lipinski definition) is 2. The second-order valence-electron chi connectivity index (χ2n) is 6.40. The molecular weight excluding hydrogens is 312 g/mol. The van der Waals surface area contributed by atoms with Gasteiger partial charge < -0.3 is 16.0 Å². The summed E-state index contributed by atoms with van der Waals surface area (Å²) in [5.74, 6) is 0.778. The SMILES string of the molecule is CCCCCCNC(=NC)NCc1cccc(C(=O)NC(C)CC)c1. The average Bonchev–Trinajstić information content (AvgIpc) is 2.64. The maximum atomic E-state index is 12.2. The third-order valence-corrected chi connectivity index (χ3v) is 4.19. The third-order valence-electron chi connectivity index (χ3n) is 4.19. The molecule has 25 heavy (non-hydrogen) atoms. The van der Waals surface area contributed by atoms with Gasteiger partial charge in [0.15, 0.2) is 5.96 Å². The molecule has 0 saturated heterocycles. The van der Waals surface area contributed by atoms with Crippen LogP contribution in [0.3, 0.4) is 0 Å². The molecule has 1 aromatic carbocycles. The Bertz CT molecular complexity index is 542. The van der Waals surface area contributed by atoms with Crippen LogP contribution in [-0.2, 0) is 6.54 Å². The zero-order valence-corrected chi connectivity index (χ0v) is 16.2. The summed E-state index contributed by atoms with van der Waals surface area (Å²) in [5, 5.41) is 9.63. The standard InChI is InChI=1S/C20H34N4O/c1-5-7-8-9-13-22-20(21-4)23-15-17-11-10-12-18(14-17)19(25)24-16(3)6-2/h10-12,14,16H,5-9,13,15H2,1-4H3,(H,24,25)(H2,21,22,23). The van der Waals surface area contributed by atoms with E-state index in [4.69, 9.17) is 0 Å². The normalized spacial score (nSPS) is 12.6. The van der Waals surface area contributed by atoms with Crippen molar-refractivity contribution in [2.45, 2.75) is 65.5 Å². The summed E-state index contributed by atoms with van der Waals surface area (Å²) < 4.78 is 0. The molecule has 0 aliphatic carbocycles. The molecule has 0 aliphatic heterocycles. The lowest BCUT2D eigenvalue weighted by Crippen LogP contribution is -2.37. The molecule has 140 valence electrons. The summed E-state index contributed by atoms with van der Waals surface area (Å²) in [4.78, 5) is 16.5. The zero-order valence-electron chi connectivity index (χ0n) is 16.2. The van der Waals surface area contributed by atoms with Gasteiger partial charge in [-0.05, 0) is 37.5 Å². The molecule has 5 nitrogen and oxygen atoms in total. The Morgan fingerprint density at radius 1 is 1.16 bits per heavy atom. The first-order valence-electron chi connectivity index (χ1n) is 9.45. The van der Waals surface area contributed by atoms with Gasteiger partial charge in [-0.15, -0.1) is 0 Å². The van der Waals surface area contributed by atoms with Gasteiger partial charge in [0, 0.05) is 31.7 Å². The van der Waals surface area contributed by atoms with E-state index in [2.05, 4.69) is 34.8 Å². The van der Waals surface area contributed by atoms with Crippen LogP contribution >= 0.6 is 0 Å². The molecular formula is C20H34N4O. The van der Waals surface area contributed by atoms with Gasteiger partial charge in [0.2, 0.25) is 0 Å². The van der Waals surface area contributed by atoms with E-state index in [1.807, 2.05) is 31.2 Å². The van der Waals surface area contributed by atoms with E-state index >= 15 is 0 Å². The lowest BCUT2D eigenvalue weighted by molar-refractivity contribution is 0.0939. The molecule has 5 heteroatoms. The Hall–Kier alpha value is -2.04. The first-order chi connectivity index (χ1) is 12.1. The van der Waals surface area contributed by atoms with Gasteiger partial charge in [-0.25, -0.2) is 0 Å².